The van der Waals surface area contributed by atoms with Gasteiger partial charge in [-0.1, -0.05) is 22.9 Å². The topological polar surface area (TPSA) is 71.5 Å². The van der Waals surface area contributed by atoms with E-state index in [0.717, 1.165) is 38.1 Å². The molecule has 1 aliphatic heterocycles. The Morgan fingerprint density at radius 1 is 1.10 bits per heavy atom. The number of methoxy groups -OCH3 is 1. The largest absolute Gasteiger partial charge is 0.494 e. The summed E-state index contributed by atoms with van der Waals surface area (Å²) in [7, 11) is 1.63. The number of hydrogen-bond acceptors (Lipinski definition) is 8. The van der Waals surface area contributed by atoms with Gasteiger partial charge in [0.25, 0.3) is 5.91 Å². The van der Waals surface area contributed by atoms with Crippen LogP contribution in [0.25, 0.3) is 21.3 Å². The van der Waals surface area contributed by atoms with E-state index in [9.17, 15) is 4.79 Å². The maximum Gasteiger partial charge on any atom is 0.254 e. The Kier molecular flexibility index (Phi) is 4.73. The van der Waals surface area contributed by atoms with E-state index in [1.165, 1.54) is 0 Å². The van der Waals surface area contributed by atoms with Crippen LogP contribution in [0.3, 0.4) is 0 Å². The highest BCUT2D eigenvalue weighted by Gasteiger charge is 2.25. The number of anilines is 1. The van der Waals surface area contributed by atoms with Gasteiger partial charge < -0.3 is 14.5 Å². The minimum Gasteiger partial charge on any atom is -0.494 e. The molecular weight excluding hydrogens is 430 g/mol. The molecule has 4 aromatic rings. The molecule has 10 heteroatoms. The number of piperazine rings is 1. The smallest absolute Gasteiger partial charge is 0.254 e. The van der Waals surface area contributed by atoms with Crippen LogP contribution in [0.2, 0.25) is 5.02 Å². The maximum absolute atomic E-state index is 12.9. The monoisotopic (exact) mass is 445 g/mol. The van der Waals surface area contributed by atoms with Crippen molar-refractivity contribution in [2.75, 3.05) is 38.2 Å². The summed E-state index contributed by atoms with van der Waals surface area (Å²) in [4.78, 5) is 21.7. The fourth-order valence-corrected chi connectivity index (χ4v) is 5.26. The van der Waals surface area contributed by atoms with Gasteiger partial charge in [0.2, 0.25) is 0 Å². The molecule has 7 nitrogen and oxygen atoms in total. The van der Waals surface area contributed by atoms with Crippen molar-refractivity contribution in [1.82, 2.24) is 18.6 Å². The summed E-state index contributed by atoms with van der Waals surface area (Å²) in [6, 6.07) is 9.14. The van der Waals surface area contributed by atoms with Crippen molar-refractivity contribution in [2.45, 2.75) is 0 Å². The molecule has 1 aliphatic rings. The Labute approximate surface area is 179 Å². The number of fused-ring (bicyclic) bond motifs is 2. The fraction of sp³-hybridized carbons (Fsp3) is 0.263. The zero-order valence-corrected chi connectivity index (χ0v) is 17.9. The van der Waals surface area contributed by atoms with Crippen molar-refractivity contribution in [3.63, 3.8) is 0 Å². The Balaban J connectivity index is 1.33. The van der Waals surface area contributed by atoms with Crippen molar-refractivity contribution in [3.8, 4) is 5.75 Å². The van der Waals surface area contributed by atoms with Gasteiger partial charge in [-0.25, -0.2) is 4.98 Å². The number of carbonyl (C=O) groups is 1. The van der Waals surface area contributed by atoms with Crippen molar-refractivity contribution >= 4 is 67.0 Å². The molecule has 0 spiro atoms. The summed E-state index contributed by atoms with van der Waals surface area (Å²) < 4.78 is 14.7. The maximum atomic E-state index is 12.9. The van der Waals surface area contributed by atoms with Crippen molar-refractivity contribution in [1.29, 1.82) is 0 Å². The second-order valence-electron chi connectivity index (χ2n) is 6.67. The van der Waals surface area contributed by atoms with Crippen molar-refractivity contribution in [3.05, 3.63) is 40.9 Å². The van der Waals surface area contributed by atoms with E-state index in [2.05, 4.69) is 13.6 Å². The van der Waals surface area contributed by atoms with Gasteiger partial charge in [0.05, 0.1) is 28.6 Å². The minimum atomic E-state index is 0.0218. The number of carbonyl (C=O) groups excluding carboxylic acids is 1. The molecule has 0 unspecified atom stereocenters. The molecule has 2 aromatic carbocycles. The molecule has 1 saturated heterocycles. The predicted octanol–water partition coefficient (Wildman–Crippen LogP) is 3.93. The first-order chi connectivity index (χ1) is 14.1. The summed E-state index contributed by atoms with van der Waals surface area (Å²) in [5.41, 5.74) is 3.01. The normalized spacial score (nSPS) is 14.7. The highest BCUT2D eigenvalue weighted by Crippen LogP contribution is 2.38. The van der Waals surface area contributed by atoms with Crippen LogP contribution >= 0.6 is 34.7 Å². The summed E-state index contributed by atoms with van der Waals surface area (Å²) in [6.45, 7) is 2.69. The Bertz CT molecular complexity index is 1220. The zero-order valence-electron chi connectivity index (χ0n) is 15.5. The third-order valence-electron chi connectivity index (χ3n) is 5.01. The minimum absolute atomic E-state index is 0.0218. The lowest BCUT2D eigenvalue weighted by Gasteiger charge is -2.34. The Morgan fingerprint density at radius 2 is 1.90 bits per heavy atom. The number of aromatic nitrogens is 3. The molecule has 0 bridgehead atoms. The number of amides is 1. The van der Waals surface area contributed by atoms with Gasteiger partial charge in [-0.2, -0.15) is 8.75 Å². The van der Waals surface area contributed by atoms with Gasteiger partial charge in [0, 0.05) is 31.7 Å². The van der Waals surface area contributed by atoms with E-state index in [1.807, 2.05) is 35.2 Å². The first-order valence-electron chi connectivity index (χ1n) is 9.03. The molecule has 1 amide bonds. The molecule has 1 fully saturated rings. The van der Waals surface area contributed by atoms with Gasteiger partial charge in [0.1, 0.15) is 22.3 Å². The zero-order chi connectivity index (χ0) is 20.0. The first kappa shape index (κ1) is 18.5. The van der Waals surface area contributed by atoms with Crippen LogP contribution in [0.5, 0.6) is 5.75 Å². The molecule has 0 radical (unpaired) electrons. The summed E-state index contributed by atoms with van der Waals surface area (Å²) in [6.07, 6.45) is 0. The number of halogens is 1. The molecule has 0 saturated carbocycles. The average Bonchev–Trinajstić information content (AvgIpc) is 3.41. The Morgan fingerprint density at radius 3 is 2.69 bits per heavy atom. The number of hydrogen-bond donors (Lipinski definition) is 0. The van der Waals surface area contributed by atoms with E-state index >= 15 is 0 Å². The van der Waals surface area contributed by atoms with E-state index < -0.39 is 0 Å². The van der Waals surface area contributed by atoms with Crippen LogP contribution in [-0.4, -0.2) is 57.8 Å². The van der Waals surface area contributed by atoms with Gasteiger partial charge >= 0.3 is 0 Å². The molecule has 0 aliphatic carbocycles. The standard InChI is InChI=1S/C19H16ClN5O2S2/c1-27-15-5-3-12(20)17-16(15)21-19(28-17)25-8-6-24(7-9-25)18(26)11-2-4-13-14(10-11)23-29-22-13/h2-5,10H,6-9H2,1H3. The average molecular weight is 446 g/mol. The molecule has 29 heavy (non-hydrogen) atoms. The molecule has 2 aromatic heterocycles. The molecule has 148 valence electrons. The van der Waals surface area contributed by atoms with Crippen molar-refractivity contribution < 1.29 is 9.53 Å². The first-order valence-corrected chi connectivity index (χ1v) is 11.0. The van der Waals surface area contributed by atoms with E-state index in [4.69, 9.17) is 21.3 Å². The lowest BCUT2D eigenvalue weighted by molar-refractivity contribution is 0.0747. The van der Waals surface area contributed by atoms with Crippen LogP contribution in [-0.2, 0) is 0 Å². The second-order valence-corrected chi connectivity index (χ2v) is 8.58. The van der Waals surface area contributed by atoms with Gasteiger partial charge in [-0.05, 0) is 30.3 Å². The van der Waals surface area contributed by atoms with Crippen LogP contribution in [0.1, 0.15) is 10.4 Å². The number of rotatable bonds is 3. The molecule has 0 N–H and O–H groups in total. The van der Waals surface area contributed by atoms with E-state index in [0.29, 0.717) is 42.5 Å². The number of benzene rings is 2. The fourth-order valence-electron chi connectivity index (χ4n) is 3.44. The number of thiazole rings is 1. The van der Waals surface area contributed by atoms with Gasteiger partial charge in [-0.3, -0.25) is 4.79 Å². The van der Waals surface area contributed by atoms with E-state index in [-0.39, 0.29) is 5.91 Å². The predicted molar refractivity (Wildman–Crippen MR) is 117 cm³/mol. The van der Waals surface area contributed by atoms with Gasteiger partial charge in [0.15, 0.2) is 5.13 Å². The third kappa shape index (κ3) is 3.29. The van der Waals surface area contributed by atoms with Crippen LogP contribution in [0.15, 0.2) is 30.3 Å². The van der Waals surface area contributed by atoms with Crippen molar-refractivity contribution in [2.24, 2.45) is 0 Å². The Hall–Kier alpha value is -2.49. The lowest BCUT2D eigenvalue weighted by atomic mass is 10.1. The number of ether oxygens (including phenoxy) is 1. The third-order valence-corrected chi connectivity index (χ3v) is 7.14. The highest BCUT2D eigenvalue weighted by molar-refractivity contribution is 7.22. The summed E-state index contributed by atoms with van der Waals surface area (Å²) in [5, 5.41) is 1.57. The highest BCUT2D eigenvalue weighted by atomic mass is 35.5. The summed E-state index contributed by atoms with van der Waals surface area (Å²) >= 11 is 9.05. The SMILES string of the molecule is COc1ccc(Cl)c2sc(N3CCN(C(=O)c4ccc5nsnc5c4)CC3)nc12. The summed E-state index contributed by atoms with van der Waals surface area (Å²) in [5.74, 6) is 0.737. The van der Waals surface area contributed by atoms with Crippen LogP contribution in [0, 0.1) is 0 Å². The second kappa shape index (κ2) is 7.40. The number of nitrogens with zero attached hydrogens (tertiary/aromatic N) is 5. The van der Waals surface area contributed by atoms with Crippen LogP contribution < -0.4 is 9.64 Å². The molecule has 3 heterocycles. The quantitative estimate of drug-likeness (QED) is 0.476. The van der Waals surface area contributed by atoms with Gasteiger partial charge in [-0.15, -0.1) is 0 Å². The molecular formula is C19H16ClN5O2S2. The van der Waals surface area contributed by atoms with E-state index in [1.54, 1.807) is 18.4 Å². The molecule has 0 atom stereocenters. The molecule has 5 rings (SSSR count). The van der Waals surface area contributed by atoms with Crippen LogP contribution in [0.4, 0.5) is 5.13 Å². The lowest BCUT2D eigenvalue weighted by Crippen LogP contribution is -2.48.